The van der Waals surface area contributed by atoms with Crippen LogP contribution >= 0.6 is 0 Å². The molecule has 2 N–H and O–H groups in total. The standard InChI is InChI=1S/C6H7BO2.K/c8-7(9)6-4-2-1-3-5-6;/h1-5,8-9H;. The smallest absolute Gasteiger partial charge is 0.423 e. The van der Waals surface area contributed by atoms with Crippen molar-refractivity contribution in [3.63, 3.8) is 0 Å². The molecule has 0 spiro atoms. The first-order valence-electron chi connectivity index (χ1n) is 2.72. The summed E-state index contributed by atoms with van der Waals surface area (Å²) in [4.78, 5) is 0. The molecule has 1 aromatic carbocycles. The molecule has 0 bridgehead atoms. The minimum atomic E-state index is -1.34. The van der Waals surface area contributed by atoms with E-state index < -0.39 is 7.12 Å². The molecule has 0 aliphatic heterocycles. The van der Waals surface area contributed by atoms with E-state index in [-0.39, 0.29) is 51.4 Å². The number of rotatable bonds is 1. The molecule has 0 saturated carbocycles. The minimum absolute atomic E-state index is 0. The molecule has 1 aromatic rings. The molecule has 2 nitrogen and oxygen atoms in total. The maximum absolute atomic E-state index is 8.58. The summed E-state index contributed by atoms with van der Waals surface area (Å²) < 4.78 is 0. The fourth-order valence-electron chi connectivity index (χ4n) is 0.625. The Balaban J connectivity index is 0.000000810. The third-order valence-electron chi connectivity index (χ3n) is 1.10. The molecule has 0 heterocycles. The molecule has 1 radical (unpaired) electrons. The Morgan fingerprint density at radius 3 is 1.80 bits per heavy atom. The van der Waals surface area contributed by atoms with Gasteiger partial charge in [-0.05, 0) is 5.46 Å². The molecular formula is C6H7BKO2. The molecule has 47 valence electrons. The predicted octanol–water partition coefficient (Wildman–Crippen LogP) is -1.01. The zero-order valence-electron chi connectivity index (χ0n) is 5.86. The van der Waals surface area contributed by atoms with Gasteiger partial charge in [-0.3, -0.25) is 0 Å². The van der Waals surface area contributed by atoms with Crippen LogP contribution in [0.4, 0.5) is 0 Å². The Bertz CT molecular complexity index is 178. The Hall–Kier alpha value is 0.841. The topological polar surface area (TPSA) is 40.5 Å². The van der Waals surface area contributed by atoms with Crippen molar-refractivity contribution < 1.29 is 10.0 Å². The van der Waals surface area contributed by atoms with Crippen LogP contribution in [-0.2, 0) is 0 Å². The van der Waals surface area contributed by atoms with Gasteiger partial charge in [-0.25, -0.2) is 0 Å². The van der Waals surface area contributed by atoms with Crippen LogP contribution in [0.5, 0.6) is 0 Å². The summed E-state index contributed by atoms with van der Waals surface area (Å²) in [5, 5.41) is 17.2. The van der Waals surface area contributed by atoms with Gasteiger partial charge in [-0.2, -0.15) is 0 Å². The third kappa shape index (κ3) is 3.30. The molecule has 0 fully saturated rings. The van der Waals surface area contributed by atoms with Gasteiger partial charge in [0.05, 0.1) is 0 Å². The van der Waals surface area contributed by atoms with Crippen molar-refractivity contribution in [2.45, 2.75) is 0 Å². The van der Waals surface area contributed by atoms with Gasteiger partial charge in [-0.1, -0.05) is 30.3 Å². The van der Waals surface area contributed by atoms with E-state index in [4.69, 9.17) is 10.0 Å². The molecule has 1 rings (SSSR count). The largest absolute Gasteiger partial charge is 0.488 e. The average molecular weight is 161 g/mol. The Kier molecular flexibility index (Phi) is 5.95. The maximum atomic E-state index is 8.58. The van der Waals surface area contributed by atoms with Crippen LogP contribution in [-0.4, -0.2) is 68.6 Å². The molecule has 0 atom stereocenters. The number of benzene rings is 1. The quantitative estimate of drug-likeness (QED) is 0.518. The second-order valence-corrected chi connectivity index (χ2v) is 1.78. The fraction of sp³-hybridized carbons (Fsp3) is 0. The van der Waals surface area contributed by atoms with Crippen molar-refractivity contribution in [2.75, 3.05) is 0 Å². The molecule has 0 unspecified atom stereocenters. The minimum Gasteiger partial charge on any atom is -0.423 e. The van der Waals surface area contributed by atoms with Crippen LogP contribution in [0.15, 0.2) is 30.3 Å². The van der Waals surface area contributed by atoms with Gasteiger partial charge in [0.1, 0.15) is 0 Å². The average Bonchev–Trinajstić information content (AvgIpc) is 1.90. The van der Waals surface area contributed by atoms with Crippen molar-refractivity contribution in [2.24, 2.45) is 0 Å². The van der Waals surface area contributed by atoms with E-state index in [9.17, 15) is 0 Å². The Morgan fingerprint density at radius 2 is 1.50 bits per heavy atom. The molecular weight excluding hydrogens is 154 g/mol. The fourth-order valence-corrected chi connectivity index (χ4v) is 0.625. The van der Waals surface area contributed by atoms with E-state index in [1.54, 1.807) is 24.3 Å². The van der Waals surface area contributed by atoms with Gasteiger partial charge >= 0.3 is 7.12 Å². The van der Waals surface area contributed by atoms with Crippen molar-refractivity contribution in [3.8, 4) is 0 Å². The van der Waals surface area contributed by atoms with Gasteiger partial charge < -0.3 is 10.0 Å². The van der Waals surface area contributed by atoms with Gasteiger partial charge in [0.25, 0.3) is 0 Å². The van der Waals surface area contributed by atoms with Crippen LogP contribution in [0.2, 0.25) is 0 Å². The van der Waals surface area contributed by atoms with Crippen molar-refractivity contribution in [3.05, 3.63) is 30.3 Å². The van der Waals surface area contributed by atoms with Crippen molar-refractivity contribution in [1.82, 2.24) is 0 Å². The second kappa shape index (κ2) is 5.49. The molecule has 10 heavy (non-hydrogen) atoms. The Morgan fingerprint density at radius 1 is 1.00 bits per heavy atom. The molecule has 0 aromatic heterocycles. The summed E-state index contributed by atoms with van der Waals surface area (Å²) in [5.41, 5.74) is 0.525. The van der Waals surface area contributed by atoms with E-state index in [2.05, 4.69) is 0 Å². The SMILES string of the molecule is OB(O)c1ccccc1.[K]. The van der Waals surface area contributed by atoms with Crippen LogP contribution in [0, 0.1) is 0 Å². The van der Waals surface area contributed by atoms with Crippen LogP contribution in [0.1, 0.15) is 0 Å². The summed E-state index contributed by atoms with van der Waals surface area (Å²) in [6, 6.07) is 8.66. The molecule has 0 amide bonds. The number of hydrogen-bond donors (Lipinski definition) is 2. The second-order valence-electron chi connectivity index (χ2n) is 1.78. The molecule has 0 aliphatic rings. The van der Waals surface area contributed by atoms with Gasteiger partial charge in [0.2, 0.25) is 0 Å². The summed E-state index contributed by atoms with van der Waals surface area (Å²) in [6.07, 6.45) is 0. The molecule has 0 saturated heterocycles. The van der Waals surface area contributed by atoms with E-state index >= 15 is 0 Å². The van der Waals surface area contributed by atoms with Gasteiger partial charge in [0.15, 0.2) is 0 Å². The van der Waals surface area contributed by atoms with Crippen molar-refractivity contribution in [1.29, 1.82) is 0 Å². The normalized spacial score (nSPS) is 8.20. The zero-order chi connectivity index (χ0) is 6.69. The van der Waals surface area contributed by atoms with E-state index in [0.717, 1.165) is 0 Å². The van der Waals surface area contributed by atoms with Gasteiger partial charge in [0, 0.05) is 51.4 Å². The summed E-state index contributed by atoms with van der Waals surface area (Å²) in [7, 11) is -1.34. The predicted molar refractivity (Wildman–Crippen MR) is 42.0 cm³/mol. The van der Waals surface area contributed by atoms with E-state index in [0.29, 0.717) is 5.46 Å². The van der Waals surface area contributed by atoms with Crippen LogP contribution in [0.25, 0.3) is 0 Å². The summed E-state index contributed by atoms with van der Waals surface area (Å²) in [5.74, 6) is 0. The summed E-state index contributed by atoms with van der Waals surface area (Å²) in [6.45, 7) is 0. The third-order valence-corrected chi connectivity index (χ3v) is 1.10. The zero-order valence-corrected chi connectivity index (χ0v) is 8.98. The monoisotopic (exact) mass is 161 g/mol. The van der Waals surface area contributed by atoms with Crippen molar-refractivity contribution >= 4 is 64.0 Å². The first-order valence-corrected chi connectivity index (χ1v) is 2.72. The first-order chi connectivity index (χ1) is 4.30. The van der Waals surface area contributed by atoms with E-state index in [1.807, 2.05) is 6.07 Å². The molecule has 4 heteroatoms. The number of hydrogen-bond acceptors (Lipinski definition) is 2. The van der Waals surface area contributed by atoms with E-state index in [1.165, 1.54) is 0 Å². The Labute approximate surface area is 103 Å². The maximum Gasteiger partial charge on any atom is 0.488 e. The molecule has 0 aliphatic carbocycles. The van der Waals surface area contributed by atoms with Gasteiger partial charge in [-0.15, -0.1) is 0 Å². The first kappa shape index (κ1) is 10.8. The van der Waals surface area contributed by atoms with Crippen LogP contribution < -0.4 is 5.46 Å². The summed E-state index contributed by atoms with van der Waals surface area (Å²) >= 11 is 0. The van der Waals surface area contributed by atoms with Crippen LogP contribution in [0.3, 0.4) is 0 Å².